The number of carbonyl (C=O) groups excluding carboxylic acids is 3. The minimum atomic E-state index is -0.544. The number of benzene rings is 1. The average Bonchev–Trinajstić information content (AvgIpc) is 2.95. The van der Waals surface area contributed by atoms with Gasteiger partial charge in [-0.2, -0.15) is 0 Å². The maximum atomic E-state index is 14.6. The summed E-state index contributed by atoms with van der Waals surface area (Å²) in [5.74, 6) is 0.285. The lowest BCUT2D eigenvalue weighted by Gasteiger charge is -2.17. The van der Waals surface area contributed by atoms with Crippen LogP contribution in [-0.4, -0.2) is 55.6 Å². The fraction of sp³-hybridized carbons (Fsp3) is 0.500. The van der Waals surface area contributed by atoms with Gasteiger partial charge in [-0.25, -0.2) is 9.18 Å². The van der Waals surface area contributed by atoms with E-state index in [2.05, 4.69) is 5.32 Å². The fourth-order valence-corrected chi connectivity index (χ4v) is 4.16. The normalized spacial score (nSPS) is 29.4. The van der Waals surface area contributed by atoms with Crippen LogP contribution in [0.1, 0.15) is 18.4 Å². The van der Waals surface area contributed by atoms with E-state index in [1.54, 1.807) is 17.0 Å². The van der Waals surface area contributed by atoms with Crippen LogP contribution < -0.4 is 10.2 Å². The Bertz CT molecular complexity index is 759. The van der Waals surface area contributed by atoms with Gasteiger partial charge < -0.3 is 15.0 Å². The first-order chi connectivity index (χ1) is 12.5. The minimum Gasteiger partial charge on any atom is -0.442 e. The van der Waals surface area contributed by atoms with Crippen molar-refractivity contribution < 1.29 is 23.5 Å². The SMILES string of the molecule is CC(=O)NC[C@H]1CN(c2ccc(C3[C@H]4CN(C=O)C[C@@H]34)c(F)c2)C(=O)O1. The molecule has 1 aliphatic carbocycles. The summed E-state index contributed by atoms with van der Waals surface area (Å²) in [5, 5.41) is 2.61. The highest BCUT2D eigenvalue weighted by molar-refractivity contribution is 5.89. The van der Waals surface area contributed by atoms with E-state index >= 15 is 0 Å². The second-order valence-corrected chi connectivity index (χ2v) is 7.17. The third kappa shape index (κ3) is 2.89. The molecule has 1 N–H and O–H groups in total. The zero-order chi connectivity index (χ0) is 18.4. The van der Waals surface area contributed by atoms with Crippen LogP contribution >= 0.6 is 0 Å². The molecule has 1 unspecified atom stereocenters. The molecule has 3 amide bonds. The van der Waals surface area contributed by atoms with Gasteiger partial charge in [0.1, 0.15) is 11.9 Å². The molecule has 8 heteroatoms. The number of cyclic esters (lactones) is 1. The van der Waals surface area contributed by atoms with Gasteiger partial charge in [-0.15, -0.1) is 0 Å². The van der Waals surface area contributed by atoms with E-state index in [9.17, 15) is 18.8 Å². The van der Waals surface area contributed by atoms with Crippen molar-refractivity contribution >= 4 is 24.1 Å². The molecular formula is C18H20FN3O4. The summed E-state index contributed by atoms with van der Waals surface area (Å²) < 4.78 is 19.8. The van der Waals surface area contributed by atoms with E-state index < -0.39 is 12.2 Å². The number of nitrogens with one attached hydrogen (secondary N) is 1. The van der Waals surface area contributed by atoms with Gasteiger partial charge >= 0.3 is 6.09 Å². The molecule has 2 saturated heterocycles. The fourth-order valence-electron chi connectivity index (χ4n) is 4.16. The van der Waals surface area contributed by atoms with Crippen molar-refractivity contribution in [1.82, 2.24) is 10.2 Å². The number of likely N-dealkylation sites (tertiary alicyclic amines) is 1. The lowest BCUT2D eigenvalue weighted by Crippen LogP contribution is -2.33. The first-order valence-electron chi connectivity index (χ1n) is 8.69. The molecule has 4 atom stereocenters. The number of amides is 3. The summed E-state index contributed by atoms with van der Waals surface area (Å²) in [6.45, 7) is 3.26. The van der Waals surface area contributed by atoms with Crippen LogP contribution in [0, 0.1) is 17.7 Å². The molecule has 4 rings (SSSR count). The number of carbonyl (C=O) groups is 3. The Morgan fingerprint density at radius 1 is 1.35 bits per heavy atom. The van der Waals surface area contributed by atoms with Gasteiger partial charge in [-0.1, -0.05) is 6.07 Å². The number of halogens is 1. The van der Waals surface area contributed by atoms with Gasteiger partial charge in [0, 0.05) is 20.0 Å². The maximum absolute atomic E-state index is 14.6. The van der Waals surface area contributed by atoms with Crippen LogP contribution in [0.2, 0.25) is 0 Å². The molecule has 0 bridgehead atoms. The van der Waals surface area contributed by atoms with Crippen LogP contribution in [0.15, 0.2) is 18.2 Å². The minimum absolute atomic E-state index is 0.151. The number of fused-ring (bicyclic) bond motifs is 1. The molecule has 2 heterocycles. The van der Waals surface area contributed by atoms with Crippen LogP contribution in [0.5, 0.6) is 0 Å². The standard InChI is InChI=1S/C18H20FN3O4/c1-10(24)20-5-12-6-22(18(25)26-12)11-2-3-13(16(19)4-11)17-14-7-21(9-23)8-15(14)17/h2-4,9,12,14-15,17H,5-8H2,1H3,(H,20,24)/t12-,14-,15+,17?/m0/s1. The second-order valence-electron chi connectivity index (χ2n) is 7.17. The molecule has 2 aliphatic heterocycles. The van der Waals surface area contributed by atoms with Gasteiger partial charge in [-0.05, 0) is 35.4 Å². The topological polar surface area (TPSA) is 79.0 Å². The van der Waals surface area contributed by atoms with Crippen molar-refractivity contribution in [2.75, 3.05) is 31.1 Å². The van der Waals surface area contributed by atoms with Crippen molar-refractivity contribution in [2.24, 2.45) is 11.8 Å². The van der Waals surface area contributed by atoms with Gasteiger partial charge in [0.25, 0.3) is 0 Å². The molecule has 3 fully saturated rings. The number of anilines is 1. The van der Waals surface area contributed by atoms with Gasteiger partial charge in [0.2, 0.25) is 12.3 Å². The molecule has 1 aromatic carbocycles. The molecule has 7 nitrogen and oxygen atoms in total. The Kier molecular flexibility index (Phi) is 4.05. The van der Waals surface area contributed by atoms with Gasteiger partial charge in [-0.3, -0.25) is 14.5 Å². The highest BCUT2D eigenvalue weighted by atomic mass is 19.1. The predicted octanol–water partition coefficient (Wildman–Crippen LogP) is 1.09. The largest absolute Gasteiger partial charge is 0.442 e. The van der Waals surface area contributed by atoms with Crippen molar-refractivity contribution in [3.8, 4) is 0 Å². The summed E-state index contributed by atoms with van der Waals surface area (Å²) in [7, 11) is 0. The third-order valence-corrected chi connectivity index (χ3v) is 5.48. The number of hydrogen-bond acceptors (Lipinski definition) is 4. The van der Waals surface area contributed by atoms with Crippen molar-refractivity contribution in [1.29, 1.82) is 0 Å². The third-order valence-electron chi connectivity index (χ3n) is 5.48. The Labute approximate surface area is 150 Å². The zero-order valence-electron chi connectivity index (χ0n) is 14.4. The second kappa shape index (κ2) is 6.26. The first-order valence-corrected chi connectivity index (χ1v) is 8.69. The lowest BCUT2D eigenvalue weighted by atomic mass is 10.1. The average molecular weight is 361 g/mol. The molecule has 0 radical (unpaired) electrons. The van der Waals surface area contributed by atoms with Crippen LogP contribution in [0.3, 0.4) is 0 Å². The summed E-state index contributed by atoms with van der Waals surface area (Å²) in [4.78, 5) is 36.9. The number of rotatable bonds is 5. The molecule has 0 spiro atoms. The van der Waals surface area contributed by atoms with E-state index in [1.807, 2.05) is 0 Å². The van der Waals surface area contributed by atoms with Crippen LogP contribution in [-0.2, 0) is 14.3 Å². The summed E-state index contributed by atoms with van der Waals surface area (Å²) in [6.07, 6.45) is -0.150. The van der Waals surface area contributed by atoms with Gasteiger partial charge in [0.15, 0.2) is 0 Å². The van der Waals surface area contributed by atoms with E-state index in [1.165, 1.54) is 17.9 Å². The molecular weight excluding hydrogens is 341 g/mol. The zero-order valence-corrected chi connectivity index (χ0v) is 14.4. The predicted molar refractivity (Wildman–Crippen MR) is 90.1 cm³/mol. The Morgan fingerprint density at radius 2 is 2.08 bits per heavy atom. The Hall–Kier alpha value is -2.64. The van der Waals surface area contributed by atoms with E-state index in [0.717, 1.165) is 6.41 Å². The van der Waals surface area contributed by atoms with Crippen LogP contribution in [0.4, 0.5) is 14.9 Å². The smallest absolute Gasteiger partial charge is 0.414 e. The first kappa shape index (κ1) is 16.8. The lowest BCUT2D eigenvalue weighted by molar-refractivity contribution is -0.119. The quantitative estimate of drug-likeness (QED) is 0.797. The van der Waals surface area contributed by atoms with E-state index in [4.69, 9.17) is 4.74 Å². The van der Waals surface area contributed by atoms with Gasteiger partial charge in [0.05, 0.1) is 18.8 Å². The molecule has 138 valence electrons. The van der Waals surface area contributed by atoms with E-state index in [0.29, 0.717) is 36.2 Å². The number of hydrogen-bond donors (Lipinski definition) is 1. The van der Waals surface area contributed by atoms with E-state index in [-0.39, 0.29) is 30.7 Å². The molecule has 0 aromatic heterocycles. The molecule has 3 aliphatic rings. The van der Waals surface area contributed by atoms with Crippen LogP contribution in [0.25, 0.3) is 0 Å². The molecule has 26 heavy (non-hydrogen) atoms. The summed E-state index contributed by atoms with van der Waals surface area (Å²) >= 11 is 0. The molecule has 1 saturated carbocycles. The Morgan fingerprint density at radius 3 is 2.69 bits per heavy atom. The van der Waals surface area contributed by atoms with Crippen molar-refractivity contribution in [3.05, 3.63) is 29.6 Å². The summed E-state index contributed by atoms with van der Waals surface area (Å²) in [6, 6.07) is 4.82. The Balaban J connectivity index is 1.43. The number of nitrogens with zero attached hydrogens (tertiary/aromatic N) is 2. The monoisotopic (exact) mass is 361 g/mol. The number of ether oxygens (including phenoxy) is 1. The van der Waals surface area contributed by atoms with Crippen molar-refractivity contribution in [2.45, 2.75) is 18.9 Å². The maximum Gasteiger partial charge on any atom is 0.414 e. The molecule has 1 aromatic rings. The highest BCUT2D eigenvalue weighted by Crippen LogP contribution is 2.58. The number of piperidine rings is 1. The highest BCUT2D eigenvalue weighted by Gasteiger charge is 2.56. The summed E-state index contributed by atoms with van der Waals surface area (Å²) in [5.41, 5.74) is 1.10. The van der Waals surface area contributed by atoms with Crippen molar-refractivity contribution in [3.63, 3.8) is 0 Å².